The molecule has 0 saturated carbocycles. The summed E-state index contributed by atoms with van der Waals surface area (Å²) in [5, 5.41) is 22.0. The highest BCUT2D eigenvalue weighted by Crippen LogP contribution is 2.25. The SMILES string of the molecule is N#CCOc1ccc(Br)cc1/C=C(/C#N)C(=O)NCCc1c[nH]c2ccccc12. The fraction of sp³-hybridized carbons (Fsp3) is 0.136. The largest absolute Gasteiger partial charge is 0.478 e. The first-order valence-corrected chi connectivity index (χ1v) is 9.66. The van der Waals surface area contributed by atoms with Gasteiger partial charge in [0.2, 0.25) is 0 Å². The molecule has 7 heteroatoms. The highest BCUT2D eigenvalue weighted by Gasteiger charge is 2.12. The van der Waals surface area contributed by atoms with Gasteiger partial charge in [0.1, 0.15) is 23.5 Å². The number of nitriles is 2. The summed E-state index contributed by atoms with van der Waals surface area (Å²) in [5.41, 5.74) is 2.65. The topological polar surface area (TPSA) is 102 Å². The zero-order chi connectivity index (χ0) is 20.6. The summed E-state index contributed by atoms with van der Waals surface area (Å²) in [6.07, 6.45) is 4.03. The number of fused-ring (bicyclic) bond motifs is 1. The van der Waals surface area contributed by atoms with Gasteiger partial charge in [-0.1, -0.05) is 34.1 Å². The number of halogens is 1. The number of aromatic amines is 1. The molecule has 1 heterocycles. The van der Waals surface area contributed by atoms with E-state index in [1.165, 1.54) is 6.08 Å². The smallest absolute Gasteiger partial charge is 0.261 e. The van der Waals surface area contributed by atoms with E-state index in [0.717, 1.165) is 20.9 Å². The molecule has 0 atom stereocenters. The zero-order valence-electron chi connectivity index (χ0n) is 15.4. The van der Waals surface area contributed by atoms with Gasteiger partial charge in [-0.3, -0.25) is 4.79 Å². The maximum atomic E-state index is 12.5. The number of H-pyrrole nitrogens is 1. The molecule has 0 aliphatic rings. The first-order valence-electron chi connectivity index (χ1n) is 8.86. The average Bonchev–Trinajstić information content (AvgIpc) is 3.14. The van der Waals surface area contributed by atoms with Gasteiger partial charge in [-0.2, -0.15) is 10.5 Å². The molecular weight excluding hydrogens is 432 g/mol. The molecule has 3 aromatic rings. The predicted molar refractivity (Wildman–Crippen MR) is 114 cm³/mol. The molecule has 0 aliphatic carbocycles. The third-order valence-corrected chi connectivity index (χ3v) is 4.78. The monoisotopic (exact) mass is 448 g/mol. The van der Waals surface area contributed by atoms with Gasteiger partial charge in [0.15, 0.2) is 6.61 Å². The Hall–Kier alpha value is -3.55. The van der Waals surface area contributed by atoms with E-state index in [4.69, 9.17) is 10.00 Å². The van der Waals surface area contributed by atoms with Gasteiger partial charge in [0, 0.05) is 33.7 Å². The molecule has 144 valence electrons. The van der Waals surface area contributed by atoms with Crippen LogP contribution < -0.4 is 10.1 Å². The highest BCUT2D eigenvalue weighted by molar-refractivity contribution is 9.10. The van der Waals surface area contributed by atoms with Crippen molar-refractivity contribution in [2.75, 3.05) is 13.2 Å². The Morgan fingerprint density at radius 1 is 1.24 bits per heavy atom. The molecule has 1 aromatic heterocycles. The molecular formula is C22H17BrN4O2. The van der Waals surface area contributed by atoms with Crippen molar-refractivity contribution in [3.8, 4) is 17.9 Å². The van der Waals surface area contributed by atoms with Crippen molar-refractivity contribution in [3.05, 3.63) is 69.8 Å². The summed E-state index contributed by atoms with van der Waals surface area (Å²) in [6.45, 7) is 0.275. The number of hydrogen-bond acceptors (Lipinski definition) is 4. The lowest BCUT2D eigenvalue weighted by atomic mass is 10.1. The van der Waals surface area contributed by atoms with Gasteiger partial charge in [-0.15, -0.1) is 0 Å². The minimum atomic E-state index is -0.460. The van der Waals surface area contributed by atoms with E-state index in [1.54, 1.807) is 18.2 Å². The van der Waals surface area contributed by atoms with Gasteiger partial charge in [-0.25, -0.2) is 0 Å². The number of nitrogens with one attached hydrogen (secondary N) is 2. The number of nitrogens with zero attached hydrogens (tertiary/aromatic N) is 2. The number of ether oxygens (including phenoxy) is 1. The molecule has 2 aromatic carbocycles. The Labute approximate surface area is 176 Å². The van der Waals surface area contributed by atoms with Crippen molar-refractivity contribution >= 4 is 38.8 Å². The van der Waals surface area contributed by atoms with Crippen molar-refractivity contribution in [1.82, 2.24) is 10.3 Å². The van der Waals surface area contributed by atoms with Crippen molar-refractivity contribution in [3.63, 3.8) is 0 Å². The van der Waals surface area contributed by atoms with Crippen molar-refractivity contribution < 1.29 is 9.53 Å². The highest BCUT2D eigenvalue weighted by atomic mass is 79.9. The number of aromatic nitrogens is 1. The van der Waals surface area contributed by atoms with E-state index in [9.17, 15) is 10.1 Å². The molecule has 0 fully saturated rings. The Morgan fingerprint density at radius 2 is 2.07 bits per heavy atom. The van der Waals surface area contributed by atoms with Gasteiger partial charge < -0.3 is 15.0 Å². The Kier molecular flexibility index (Phi) is 6.67. The summed E-state index contributed by atoms with van der Waals surface area (Å²) >= 11 is 3.36. The maximum absolute atomic E-state index is 12.5. The summed E-state index contributed by atoms with van der Waals surface area (Å²) in [6, 6.07) is 17.0. The number of benzene rings is 2. The summed E-state index contributed by atoms with van der Waals surface area (Å²) in [4.78, 5) is 15.7. The molecule has 1 amide bonds. The van der Waals surface area contributed by atoms with Crippen LogP contribution in [-0.4, -0.2) is 24.0 Å². The van der Waals surface area contributed by atoms with E-state index in [1.807, 2.05) is 42.6 Å². The lowest BCUT2D eigenvalue weighted by molar-refractivity contribution is -0.117. The molecule has 2 N–H and O–H groups in total. The van der Waals surface area contributed by atoms with E-state index in [2.05, 4.69) is 26.2 Å². The number of carbonyl (C=O) groups excluding carboxylic acids is 1. The van der Waals surface area contributed by atoms with Crippen LogP contribution in [0.3, 0.4) is 0 Å². The molecule has 0 unspecified atom stereocenters. The van der Waals surface area contributed by atoms with Crippen LogP contribution >= 0.6 is 15.9 Å². The zero-order valence-corrected chi connectivity index (χ0v) is 17.0. The Morgan fingerprint density at radius 3 is 2.86 bits per heavy atom. The summed E-state index contributed by atoms with van der Waals surface area (Å²) in [7, 11) is 0. The number of para-hydroxylation sites is 1. The lowest BCUT2D eigenvalue weighted by Gasteiger charge is -2.08. The standard InChI is InChI=1S/C22H17BrN4O2/c23-18-5-6-21(29-10-8-24)16(12-18)11-17(13-25)22(28)26-9-7-15-14-27-20-4-2-1-3-19(15)20/h1-6,11-12,14,27H,7,9-10H2,(H,26,28)/b17-11-. The van der Waals surface area contributed by atoms with Gasteiger partial charge in [0.25, 0.3) is 5.91 Å². The summed E-state index contributed by atoms with van der Waals surface area (Å²) < 4.78 is 6.13. The van der Waals surface area contributed by atoms with Gasteiger partial charge in [-0.05, 0) is 42.3 Å². The van der Waals surface area contributed by atoms with Crippen molar-refractivity contribution in [2.45, 2.75) is 6.42 Å². The first-order chi connectivity index (χ1) is 14.1. The van der Waals surface area contributed by atoms with E-state index >= 15 is 0 Å². The maximum Gasteiger partial charge on any atom is 0.261 e. The van der Waals surface area contributed by atoms with Crippen LogP contribution in [0.25, 0.3) is 17.0 Å². The van der Waals surface area contributed by atoms with Gasteiger partial charge >= 0.3 is 0 Å². The third-order valence-electron chi connectivity index (χ3n) is 4.28. The van der Waals surface area contributed by atoms with E-state index in [-0.39, 0.29) is 12.2 Å². The van der Waals surface area contributed by atoms with E-state index in [0.29, 0.717) is 24.3 Å². The van der Waals surface area contributed by atoms with Crippen LogP contribution in [0.5, 0.6) is 5.75 Å². The molecule has 0 bridgehead atoms. The Bertz CT molecular complexity index is 1150. The van der Waals surface area contributed by atoms with Crippen LogP contribution in [0, 0.1) is 22.7 Å². The molecule has 0 saturated heterocycles. The molecule has 6 nitrogen and oxygen atoms in total. The van der Waals surface area contributed by atoms with E-state index < -0.39 is 5.91 Å². The quantitative estimate of drug-likeness (QED) is 0.419. The van der Waals surface area contributed by atoms with Crippen LogP contribution in [-0.2, 0) is 11.2 Å². The second-order valence-corrected chi connectivity index (χ2v) is 7.08. The fourth-order valence-corrected chi connectivity index (χ4v) is 3.30. The number of amides is 1. The van der Waals surface area contributed by atoms with Crippen LogP contribution in [0.2, 0.25) is 0 Å². The molecule has 29 heavy (non-hydrogen) atoms. The average molecular weight is 449 g/mol. The Balaban J connectivity index is 1.70. The number of hydrogen-bond donors (Lipinski definition) is 2. The van der Waals surface area contributed by atoms with Crippen LogP contribution in [0.15, 0.2) is 58.7 Å². The number of rotatable bonds is 7. The normalized spacial score (nSPS) is 10.9. The van der Waals surface area contributed by atoms with Crippen molar-refractivity contribution in [2.24, 2.45) is 0 Å². The van der Waals surface area contributed by atoms with Gasteiger partial charge in [0.05, 0.1) is 0 Å². The molecule has 0 aliphatic heterocycles. The molecule has 3 rings (SSSR count). The van der Waals surface area contributed by atoms with Crippen LogP contribution in [0.1, 0.15) is 11.1 Å². The predicted octanol–water partition coefficient (Wildman–Crippen LogP) is 4.10. The van der Waals surface area contributed by atoms with Crippen molar-refractivity contribution in [1.29, 1.82) is 10.5 Å². The third kappa shape index (κ3) is 5.04. The first kappa shape index (κ1) is 20.2. The number of carbonyl (C=O) groups is 1. The molecule has 0 radical (unpaired) electrons. The fourth-order valence-electron chi connectivity index (χ4n) is 2.92. The van der Waals surface area contributed by atoms with Crippen LogP contribution in [0.4, 0.5) is 0 Å². The molecule has 0 spiro atoms. The second-order valence-electron chi connectivity index (χ2n) is 6.16. The second kappa shape index (κ2) is 9.59. The minimum absolute atomic E-state index is 0.0381. The minimum Gasteiger partial charge on any atom is -0.478 e. The summed E-state index contributed by atoms with van der Waals surface area (Å²) in [5.74, 6) is -0.0346. The lowest BCUT2D eigenvalue weighted by Crippen LogP contribution is -2.26.